The normalized spacial score (nSPS) is 8.56. The van der Waals surface area contributed by atoms with Gasteiger partial charge in [-0.15, -0.1) is 0 Å². The van der Waals surface area contributed by atoms with E-state index in [1.807, 2.05) is 6.07 Å². The lowest BCUT2D eigenvalue weighted by Crippen LogP contribution is -1.83. The largest absolute Gasteiger partial charge is 0.246 e. The number of aromatic nitrogens is 2. The van der Waals surface area contributed by atoms with E-state index >= 15 is 0 Å². The molecule has 0 spiro atoms. The predicted octanol–water partition coefficient (Wildman–Crippen LogP) is 2.31. The summed E-state index contributed by atoms with van der Waals surface area (Å²) in [5.41, 5.74) is 0.465. The zero-order valence-corrected chi connectivity index (χ0v) is 8.14. The molecule has 3 nitrogen and oxygen atoms in total. The molecular formula is C11H7F2N3. The van der Waals surface area contributed by atoms with Crippen LogP contribution in [-0.2, 0) is 0 Å². The Morgan fingerprint density at radius 1 is 1.00 bits per heavy atom. The molecule has 0 unspecified atom stereocenters. The molecule has 0 aliphatic heterocycles. The standard InChI is InChI=1S/C6H4N2.C5H3F2N/c7-5-6-3-1-2-4-8-6;6-4-2-1-3-5(7)8-4/h1-4H;1-3H. The van der Waals surface area contributed by atoms with Crippen LogP contribution in [0, 0.1) is 23.2 Å². The molecule has 0 saturated carbocycles. The van der Waals surface area contributed by atoms with Gasteiger partial charge in [-0.2, -0.15) is 19.0 Å². The van der Waals surface area contributed by atoms with Gasteiger partial charge in [0.1, 0.15) is 11.8 Å². The number of hydrogen-bond acceptors (Lipinski definition) is 3. The van der Waals surface area contributed by atoms with E-state index in [0.717, 1.165) is 12.1 Å². The van der Waals surface area contributed by atoms with Crippen molar-refractivity contribution in [2.45, 2.75) is 0 Å². The van der Waals surface area contributed by atoms with Gasteiger partial charge < -0.3 is 0 Å². The van der Waals surface area contributed by atoms with Gasteiger partial charge in [0.2, 0.25) is 11.9 Å². The number of rotatable bonds is 0. The summed E-state index contributed by atoms with van der Waals surface area (Å²) in [6.07, 6.45) is 1.60. The molecule has 0 aliphatic carbocycles. The molecule has 0 radical (unpaired) electrons. The monoisotopic (exact) mass is 219 g/mol. The highest BCUT2D eigenvalue weighted by molar-refractivity contribution is 5.18. The molecule has 2 rings (SSSR count). The van der Waals surface area contributed by atoms with Gasteiger partial charge >= 0.3 is 0 Å². The Kier molecular flexibility index (Phi) is 4.54. The Labute approximate surface area is 91.0 Å². The summed E-state index contributed by atoms with van der Waals surface area (Å²) in [4.78, 5) is 6.58. The molecule has 0 aromatic carbocycles. The molecule has 0 amide bonds. The van der Waals surface area contributed by atoms with Gasteiger partial charge in [0, 0.05) is 6.20 Å². The van der Waals surface area contributed by atoms with Gasteiger partial charge in [0.05, 0.1) is 0 Å². The van der Waals surface area contributed by atoms with E-state index in [4.69, 9.17) is 5.26 Å². The summed E-state index contributed by atoms with van der Waals surface area (Å²) in [5, 5.41) is 8.23. The van der Waals surface area contributed by atoms with Crippen LogP contribution in [0.2, 0.25) is 0 Å². The van der Waals surface area contributed by atoms with Crippen molar-refractivity contribution in [3.63, 3.8) is 0 Å². The predicted molar refractivity (Wildman–Crippen MR) is 53.1 cm³/mol. The average Bonchev–Trinajstić information content (AvgIpc) is 2.31. The van der Waals surface area contributed by atoms with E-state index in [9.17, 15) is 8.78 Å². The SMILES string of the molecule is Fc1cccc(F)n1.N#Cc1ccccn1. The number of halogens is 2. The third kappa shape index (κ3) is 4.24. The van der Waals surface area contributed by atoms with Crippen LogP contribution in [0.25, 0.3) is 0 Å². The van der Waals surface area contributed by atoms with Crippen molar-refractivity contribution < 1.29 is 8.78 Å². The second kappa shape index (κ2) is 6.19. The van der Waals surface area contributed by atoms with Crippen molar-refractivity contribution in [3.8, 4) is 6.07 Å². The molecule has 0 N–H and O–H groups in total. The molecule has 0 saturated heterocycles. The quantitative estimate of drug-likeness (QED) is 0.639. The Balaban J connectivity index is 0.000000160. The summed E-state index contributed by atoms with van der Waals surface area (Å²) < 4.78 is 23.6. The van der Waals surface area contributed by atoms with Crippen LogP contribution in [0.15, 0.2) is 42.6 Å². The minimum absolute atomic E-state index is 0.465. The maximum Gasteiger partial charge on any atom is 0.215 e. The van der Waals surface area contributed by atoms with Crippen LogP contribution in [-0.4, -0.2) is 9.97 Å². The highest BCUT2D eigenvalue weighted by atomic mass is 19.1. The Hall–Kier alpha value is -2.35. The number of pyridine rings is 2. The van der Waals surface area contributed by atoms with Crippen molar-refractivity contribution in [1.82, 2.24) is 9.97 Å². The molecule has 2 aromatic rings. The van der Waals surface area contributed by atoms with Crippen molar-refractivity contribution in [1.29, 1.82) is 5.26 Å². The van der Waals surface area contributed by atoms with E-state index in [1.54, 1.807) is 24.4 Å². The second-order valence-electron chi connectivity index (χ2n) is 2.61. The Bertz CT molecular complexity index is 463. The number of hydrogen-bond donors (Lipinski definition) is 0. The van der Waals surface area contributed by atoms with Crippen LogP contribution < -0.4 is 0 Å². The lowest BCUT2D eigenvalue weighted by atomic mass is 10.4. The number of nitriles is 1. The molecule has 5 heteroatoms. The first-order valence-corrected chi connectivity index (χ1v) is 4.31. The molecule has 2 heterocycles. The molecule has 0 fully saturated rings. The van der Waals surface area contributed by atoms with Crippen molar-refractivity contribution in [2.75, 3.05) is 0 Å². The van der Waals surface area contributed by atoms with Crippen molar-refractivity contribution >= 4 is 0 Å². The first kappa shape index (κ1) is 11.7. The maximum absolute atomic E-state index is 11.8. The van der Waals surface area contributed by atoms with Gasteiger partial charge in [-0.1, -0.05) is 12.1 Å². The van der Waals surface area contributed by atoms with Gasteiger partial charge in [-0.3, -0.25) is 0 Å². The second-order valence-corrected chi connectivity index (χ2v) is 2.61. The molecule has 16 heavy (non-hydrogen) atoms. The summed E-state index contributed by atoms with van der Waals surface area (Å²) in [6.45, 7) is 0. The zero-order valence-electron chi connectivity index (χ0n) is 8.14. The van der Waals surface area contributed by atoms with E-state index in [0.29, 0.717) is 5.69 Å². The topological polar surface area (TPSA) is 49.6 Å². The van der Waals surface area contributed by atoms with Crippen LogP contribution in [0.4, 0.5) is 8.78 Å². The van der Waals surface area contributed by atoms with E-state index < -0.39 is 11.9 Å². The highest BCUT2D eigenvalue weighted by Gasteiger charge is 1.89. The summed E-state index contributed by atoms with van der Waals surface area (Å²) in [7, 11) is 0. The fourth-order valence-corrected chi connectivity index (χ4v) is 0.812. The highest BCUT2D eigenvalue weighted by Crippen LogP contribution is 1.93. The van der Waals surface area contributed by atoms with Crippen LogP contribution in [0.1, 0.15) is 5.69 Å². The first-order chi connectivity index (χ1) is 7.72. The van der Waals surface area contributed by atoms with Gasteiger partial charge in [0.15, 0.2) is 0 Å². The fourth-order valence-electron chi connectivity index (χ4n) is 0.812. The lowest BCUT2D eigenvalue weighted by molar-refractivity contribution is 0.513. The van der Waals surface area contributed by atoms with Crippen LogP contribution in [0.3, 0.4) is 0 Å². The smallest absolute Gasteiger partial charge is 0.215 e. The molecule has 80 valence electrons. The summed E-state index contributed by atoms with van der Waals surface area (Å²) in [6, 6.07) is 10.6. The van der Waals surface area contributed by atoms with E-state index in [1.165, 1.54) is 6.07 Å². The third-order valence-corrected chi connectivity index (χ3v) is 1.46. The molecule has 0 aliphatic rings. The minimum Gasteiger partial charge on any atom is -0.246 e. The number of nitrogens with zero attached hydrogens (tertiary/aromatic N) is 3. The van der Waals surface area contributed by atoms with Crippen LogP contribution >= 0.6 is 0 Å². The minimum atomic E-state index is -0.787. The fraction of sp³-hybridized carbons (Fsp3) is 0. The van der Waals surface area contributed by atoms with Crippen LogP contribution in [0.5, 0.6) is 0 Å². The zero-order chi connectivity index (χ0) is 11.8. The van der Waals surface area contributed by atoms with Gasteiger partial charge in [0.25, 0.3) is 0 Å². The summed E-state index contributed by atoms with van der Waals surface area (Å²) in [5.74, 6) is -1.57. The lowest BCUT2D eigenvalue weighted by Gasteiger charge is -1.83. The first-order valence-electron chi connectivity index (χ1n) is 4.31. The van der Waals surface area contributed by atoms with Gasteiger partial charge in [-0.25, -0.2) is 4.98 Å². The van der Waals surface area contributed by atoms with E-state index in [2.05, 4.69) is 9.97 Å². The third-order valence-electron chi connectivity index (χ3n) is 1.46. The molecule has 0 atom stereocenters. The molecule has 2 aromatic heterocycles. The average molecular weight is 219 g/mol. The Morgan fingerprint density at radius 2 is 1.69 bits per heavy atom. The van der Waals surface area contributed by atoms with Crippen molar-refractivity contribution in [2.24, 2.45) is 0 Å². The summed E-state index contributed by atoms with van der Waals surface area (Å²) >= 11 is 0. The van der Waals surface area contributed by atoms with Gasteiger partial charge in [-0.05, 0) is 24.3 Å². The van der Waals surface area contributed by atoms with E-state index in [-0.39, 0.29) is 0 Å². The maximum atomic E-state index is 11.8. The molecule has 0 bridgehead atoms. The Morgan fingerprint density at radius 3 is 2.00 bits per heavy atom. The van der Waals surface area contributed by atoms with Crippen molar-refractivity contribution in [3.05, 3.63) is 60.2 Å². The molecular weight excluding hydrogens is 212 g/mol.